The second kappa shape index (κ2) is 4.45. The van der Waals surface area contributed by atoms with Gasteiger partial charge in [0.25, 0.3) is 0 Å². The molecule has 1 heterocycles. The summed E-state index contributed by atoms with van der Waals surface area (Å²) >= 11 is 0. The summed E-state index contributed by atoms with van der Waals surface area (Å²) in [5.41, 5.74) is 4.55. The Balaban J connectivity index is 2.72. The Morgan fingerprint density at radius 1 is 1.21 bits per heavy atom. The molecule has 0 aliphatic heterocycles. The SMILES string of the molecule is Nc1c(C(=O)O)cn(-c2cccc(F)c2)c1C(=O)O. The van der Waals surface area contributed by atoms with E-state index in [2.05, 4.69) is 0 Å². The van der Waals surface area contributed by atoms with Gasteiger partial charge in [0.15, 0.2) is 5.69 Å². The number of carboxylic acid groups (broad SMARTS) is 2. The van der Waals surface area contributed by atoms with Crippen LogP contribution < -0.4 is 5.73 Å². The van der Waals surface area contributed by atoms with Crippen molar-refractivity contribution < 1.29 is 24.2 Å². The molecule has 0 fully saturated rings. The van der Waals surface area contributed by atoms with Crippen molar-refractivity contribution in [2.45, 2.75) is 0 Å². The van der Waals surface area contributed by atoms with E-state index in [1.54, 1.807) is 0 Å². The van der Waals surface area contributed by atoms with Gasteiger partial charge in [-0.2, -0.15) is 0 Å². The number of anilines is 1. The van der Waals surface area contributed by atoms with Crippen molar-refractivity contribution >= 4 is 17.6 Å². The summed E-state index contributed by atoms with van der Waals surface area (Å²) in [7, 11) is 0. The second-order valence-corrected chi connectivity index (χ2v) is 3.77. The standard InChI is InChI=1S/C12H9FN2O4/c13-6-2-1-3-7(4-6)15-5-8(11(16)17)9(14)10(15)12(18)19/h1-5H,14H2,(H,16,17)(H,18,19). The monoisotopic (exact) mass is 264 g/mol. The predicted octanol–water partition coefficient (Wildman–Crippen LogP) is 1.60. The molecule has 2 aromatic rings. The first kappa shape index (κ1) is 12.6. The van der Waals surface area contributed by atoms with Gasteiger partial charge in [-0.1, -0.05) is 6.07 Å². The fourth-order valence-corrected chi connectivity index (χ4v) is 1.74. The van der Waals surface area contributed by atoms with Gasteiger partial charge in [-0.05, 0) is 18.2 Å². The quantitative estimate of drug-likeness (QED) is 0.780. The molecule has 1 aromatic carbocycles. The summed E-state index contributed by atoms with van der Waals surface area (Å²) in [6, 6.07) is 5.10. The molecule has 0 saturated carbocycles. The van der Waals surface area contributed by atoms with E-state index in [-0.39, 0.29) is 16.9 Å². The molecule has 0 amide bonds. The number of benzene rings is 1. The second-order valence-electron chi connectivity index (χ2n) is 3.77. The lowest BCUT2D eigenvalue weighted by Gasteiger charge is -2.06. The number of halogens is 1. The van der Waals surface area contributed by atoms with Crippen molar-refractivity contribution in [3.05, 3.63) is 47.5 Å². The molecule has 0 radical (unpaired) electrons. The third-order valence-corrected chi connectivity index (χ3v) is 2.56. The van der Waals surface area contributed by atoms with E-state index in [4.69, 9.17) is 15.9 Å². The third-order valence-electron chi connectivity index (χ3n) is 2.56. The van der Waals surface area contributed by atoms with Crippen LogP contribution in [0, 0.1) is 5.82 Å². The van der Waals surface area contributed by atoms with Crippen LogP contribution >= 0.6 is 0 Å². The summed E-state index contributed by atoms with van der Waals surface area (Å²) in [6.07, 6.45) is 1.05. The Morgan fingerprint density at radius 2 is 1.89 bits per heavy atom. The first-order valence-electron chi connectivity index (χ1n) is 5.15. The van der Waals surface area contributed by atoms with E-state index in [9.17, 15) is 14.0 Å². The third kappa shape index (κ3) is 2.13. The molecule has 0 aliphatic carbocycles. The smallest absolute Gasteiger partial charge is 0.355 e. The van der Waals surface area contributed by atoms with Gasteiger partial charge in [0.1, 0.15) is 11.4 Å². The van der Waals surface area contributed by atoms with Gasteiger partial charge in [-0.3, -0.25) is 0 Å². The molecule has 0 saturated heterocycles. The Bertz CT molecular complexity index is 678. The first-order chi connectivity index (χ1) is 8.91. The van der Waals surface area contributed by atoms with Crippen molar-refractivity contribution in [3.8, 4) is 5.69 Å². The van der Waals surface area contributed by atoms with E-state index >= 15 is 0 Å². The van der Waals surface area contributed by atoms with Gasteiger partial charge >= 0.3 is 11.9 Å². The number of nitrogens with zero attached hydrogens (tertiary/aromatic N) is 1. The average molecular weight is 264 g/mol. The van der Waals surface area contributed by atoms with Crippen LogP contribution in [0.2, 0.25) is 0 Å². The van der Waals surface area contributed by atoms with Crippen molar-refractivity contribution in [2.75, 3.05) is 5.73 Å². The van der Waals surface area contributed by atoms with Crippen LogP contribution in [0.25, 0.3) is 5.69 Å². The van der Waals surface area contributed by atoms with Crippen LogP contribution in [0.3, 0.4) is 0 Å². The highest BCUT2D eigenvalue weighted by Gasteiger charge is 2.23. The zero-order chi connectivity index (χ0) is 14.2. The number of carboxylic acids is 2. The fraction of sp³-hybridized carbons (Fsp3) is 0. The minimum Gasteiger partial charge on any atom is -0.478 e. The molecular formula is C12H9FN2O4. The lowest BCUT2D eigenvalue weighted by atomic mass is 10.2. The van der Waals surface area contributed by atoms with E-state index in [1.165, 1.54) is 18.2 Å². The highest BCUT2D eigenvalue weighted by atomic mass is 19.1. The van der Waals surface area contributed by atoms with Crippen molar-refractivity contribution in [1.82, 2.24) is 4.57 Å². The Labute approximate surface area is 106 Å². The molecule has 98 valence electrons. The molecule has 0 aliphatic rings. The maximum absolute atomic E-state index is 13.1. The van der Waals surface area contributed by atoms with Crippen molar-refractivity contribution in [1.29, 1.82) is 0 Å². The Kier molecular flexibility index (Phi) is 2.95. The van der Waals surface area contributed by atoms with Crippen LogP contribution in [-0.2, 0) is 0 Å². The average Bonchev–Trinajstić information content (AvgIpc) is 2.67. The van der Waals surface area contributed by atoms with Crippen molar-refractivity contribution in [2.24, 2.45) is 0 Å². The summed E-state index contributed by atoms with van der Waals surface area (Å²) in [4.78, 5) is 22.1. The van der Waals surface area contributed by atoms with Crippen LogP contribution in [0.5, 0.6) is 0 Å². The minimum atomic E-state index is -1.39. The number of nitrogens with two attached hydrogens (primary N) is 1. The number of hydrogen-bond acceptors (Lipinski definition) is 3. The summed E-state index contributed by atoms with van der Waals surface area (Å²) < 4.78 is 14.2. The van der Waals surface area contributed by atoms with Crippen LogP contribution in [-0.4, -0.2) is 26.7 Å². The lowest BCUT2D eigenvalue weighted by molar-refractivity contribution is 0.0685. The van der Waals surface area contributed by atoms with Gasteiger partial charge in [-0.15, -0.1) is 0 Å². The van der Waals surface area contributed by atoms with E-state index in [0.717, 1.165) is 16.8 Å². The summed E-state index contributed by atoms with van der Waals surface area (Å²) in [5.74, 6) is -3.32. The molecule has 6 nitrogen and oxygen atoms in total. The lowest BCUT2D eigenvalue weighted by Crippen LogP contribution is -2.09. The predicted molar refractivity (Wildman–Crippen MR) is 64.1 cm³/mol. The van der Waals surface area contributed by atoms with E-state index in [1.807, 2.05) is 0 Å². The molecule has 0 atom stereocenters. The maximum Gasteiger partial charge on any atom is 0.355 e. The molecule has 4 N–H and O–H groups in total. The molecule has 1 aromatic heterocycles. The molecule has 0 spiro atoms. The molecule has 7 heteroatoms. The van der Waals surface area contributed by atoms with Crippen LogP contribution in [0.1, 0.15) is 20.8 Å². The summed E-state index contributed by atoms with van der Waals surface area (Å²) in [5, 5.41) is 18.0. The number of hydrogen-bond donors (Lipinski definition) is 3. The highest BCUT2D eigenvalue weighted by molar-refractivity contribution is 6.02. The number of rotatable bonds is 3. The Hall–Kier alpha value is -2.83. The van der Waals surface area contributed by atoms with Crippen molar-refractivity contribution in [3.63, 3.8) is 0 Å². The van der Waals surface area contributed by atoms with Crippen LogP contribution in [0.15, 0.2) is 30.5 Å². The van der Waals surface area contributed by atoms with Crippen LogP contribution in [0.4, 0.5) is 10.1 Å². The van der Waals surface area contributed by atoms with Gasteiger partial charge in [0.2, 0.25) is 0 Å². The summed E-state index contributed by atoms with van der Waals surface area (Å²) in [6.45, 7) is 0. The Morgan fingerprint density at radius 3 is 2.42 bits per heavy atom. The normalized spacial score (nSPS) is 10.4. The van der Waals surface area contributed by atoms with E-state index < -0.39 is 23.4 Å². The highest BCUT2D eigenvalue weighted by Crippen LogP contribution is 2.24. The molecule has 0 unspecified atom stereocenters. The number of nitrogen functional groups attached to an aromatic ring is 1. The number of aromatic carboxylic acids is 2. The van der Waals surface area contributed by atoms with Gasteiger partial charge in [-0.25, -0.2) is 14.0 Å². The first-order valence-corrected chi connectivity index (χ1v) is 5.15. The molecular weight excluding hydrogens is 255 g/mol. The van der Waals surface area contributed by atoms with Gasteiger partial charge in [0.05, 0.1) is 5.69 Å². The van der Waals surface area contributed by atoms with E-state index in [0.29, 0.717) is 0 Å². The number of aromatic nitrogens is 1. The topological polar surface area (TPSA) is 106 Å². The fourth-order valence-electron chi connectivity index (χ4n) is 1.74. The largest absolute Gasteiger partial charge is 0.478 e. The molecule has 2 rings (SSSR count). The van der Waals surface area contributed by atoms with Gasteiger partial charge in [0, 0.05) is 11.9 Å². The molecule has 19 heavy (non-hydrogen) atoms. The van der Waals surface area contributed by atoms with Gasteiger partial charge < -0.3 is 20.5 Å². The minimum absolute atomic E-state index is 0.177. The zero-order valence-corrected chi connectivity index (χ0v) is 9.50. The molecule has 0 bridgehead atoms. The zero-order valence-electron chi connectivity index (χ0n) is 9.50. The number of carbonyl (C=O) groups is 2. The maximum atomic E-state index is 13.1.